The zero-order valence-corrected chi connectivity index (χ0v) is 8.14. The lowest BCUT2D eigenvalue weighted by Gasteiger charge is -1.97. The van der Waals surface area contributed by atoms with Crippen molar-refractivity contribution in [2.75, 3.05) is 6.54 Å². The summed E-state index contributed by atoms with van der Waals surface area (Å²) in [6.45, 7) is 6.16. The summed E-state index contributed by atoms with van der Waals surface area (Å²) in [6.07, 6.45) is 0. The van der Waals surface area contributed by atoms with Crippen LogP contribution in [0, 0.1) is 12.4 Å². The average Bonchev–Trinajstić information content (AvgIpc) is 2.04. The van der Waals surface area contributed by atoms with Gasteiger partial charge in [0.1, 0.15) is 5.82 Å². The molecule has 2 nitrogen and oxygen atoms in total. The van der Waals surface area contributed by atoms with Crippen molar-refractivity contribution in [3.05, 3.63) is 45.5 Å². The molecule has 0 spiro atoms. The fraction of sp³-hybridized carbons (Fsp3) is 0.111. The Morgan fingerprint density at radius 1 is 1.62 bits per heavy atom. The van der Waals surface area contributed by atoms with Gasteiger partial charge in [-0.25, -0.2) is 11.0 Å². The fourth-order valence-electron chi connectivity index (χ4n) is 0.873. The highest BCUT2D eigenvalue weighted by Crippen LogP contribution is 2.15. The maximum absolute atomic E-state index is 13.1. The molecule has 13 heavy (non-hydrogen) atoms. The van der Waals surface area contributed by atoms with Gasteiger partial charge in [0, 0.05) is 4.47 Å². The van der Waals surface area contributed by atoms with Crippen molar-refractivity contribution in [1.82, 2.24) is 0 Å². The third kappa shape index (κ3) is 2.36. The Hall–Kier alpha value is -1.21. The highest BCUT2D eigenvalue weighted by Gasteiger charge is 2.13. The van der Waals surface area contributed by atoms with E-state index in [2.05, 4.69) is 20.8 Å². The van der Waals surface area contributed by atoms with E-state index in [4.69, 9.17) is 6.57 Å². The zero-order valence-electron chi connectivity index (χ0n) is 6.55. The maximum atomic E-state index is 13.1. The number of rotatable bonds is 2. The van der Waals surface area contributed by atoms with Gasteiger partial charge in [0.2, 0.25) is 5.78 Å². The molecule has 0 aliphatic rings. The molecule has 0 aromatic heterocycles. The summed E-state index contributed by atoms with van der Waals surface area (Å²) in [7, 11) is 0. The molecule has 0 unspecified atom stereocenters. The summed E-state index contributed by atoms with van der Waals surface area (Å²) in [4.78, 5) is 14.0. The lowest BCUT2D eigenvalue weighted by atomic mass is 10.1. The molecule has 0 atom stereocenters. The summed E-state index contributed by atoms with van der Waals surface area (Å²) < 4.78 is 13.6. The number of benzene rings is 1. The van der Waals surface area contributed by atoms with Gasteiger partial charge in [0.05, 0.1) is 5.56 Å². The minimum atomic E-state index is -0.594. The Labute approximate surface area is 83.3 Å². The van der Waals surface area contributed by atoms with Gasteiger partial charge in [-0.05, 0) is 18.2 Å². The Bertz CT molecular complexity index is 384. The van der Waals surface area contributed by atoms with Crippen LogP contribution in [-0.2, 0) is 0 Å². The fourth-order valence-corrected chi connectivity index (χ4v) is 1.21. The molecule has 0 saturated carbocycles. The van der Waals surface area contributed by atoms with Crippen molar-refractivity contribution in [2.24, 2.45) is 0 Å². The van der Waals surface area contributed by atoms with E-state index in [1.807, 2.05) is 0 Å². The first-order chi connectivity index (χ1) is 6.15. The van der Waals surface area contributed by atoms with Crippen molar-refractivity contribution in [3.8, 4) is 0 Å². The second-order valence-corrected chi connectivity index (χ2v) is 3.28. The van der Waals surface area contributed by atoms with Crippen molar-refractivity contribution in [1.29, 1.82) is 0 Å². The quantitative estimate of drug-likeness (QED) is 0.577. The number of carbonyl (C=O) groups excluding carboxylic acids is 1. The lowest BCUT2D eigenvalue weighted by Crippen LogP contribution is -2.04. The normalized spacial score (nSPS) is 9.31. The molecule has 4 heteroatoms. The number of hydrogen-bond acceptors (Lipinski definition) is 1. The first-order valence-electron chi connectivity index (χ1n) is 3.46. The molecule has 0 heterocycles. The van der Waals surface area contributed by atoms with E-state index >= 15 is 0 Å². The minimum Gasteiger partial charge on any atom is -0.308 e. The third-order valence-electron chi connectivity index (χ3n) is 1.45. The summed E-state index contributed by atoms with van der Waals surface area (Å²) in [5, 5.41) is 0. The monoisotopic (exact) mass is 241 g/mol. The van der Waals surface area contributed by atoms with E-state index in [-0.39, 0.29) is 12.1 Å². The molecular weight excluding hydrogens is 237 g/mol. The summed E-state index contributed by atoms with van der Waals surface area (Å²) >= 11 is 3.07. The first-order valence-corrected chi connectivity index (χ1v) is 4.26. The van der Waals surface area contributed by atoms with Crippen LogP contribution in [0.2, 0.25) is 0 Å². The van der Waals surface area contributed by atoms with E-state index in [9.17, 15) is 9.18 Å². The SMILES string of the molecule is [C-]#[N+]CC(=O)c1ccc(Br)cc1F. The van der Waals surface area contributed by atoms with Crippen LogP contribution in [-0.4, -0.2) is 12.3 Å². The van der Waals surface area contributed by atoms with Gasteiger partial charge < -0.3 is 4.85 Å². The smallest absolute Gasteiger partial charge is 0.276 e. The van der Waals surface area contributed by atoms with Crippen molar-refractivity contribution in [3.63, 3.8) is 0 Å². The molecule has 1 aromatic rings. The summed E-state index contributed by atoms with van der Waals surface area (Å²) in [5.41, 5.74) is -0.0285. The molecule has 0 saturated heterocycles. The molecule has 0 aliphatic carbocycles. The van der Waals surface area contributed by atoms with Crippen molar-refractivity contribution >= 4 is 21.7 Å². The van der Waals surface area contributed by atoms with Crippen LogP contribution in [0.15, 0.2) is 22.7 Å². The molecule has 0 aliphatic heterocycles. The number of carbonyl (C=O) groups is 1. The van der Waals surface area contributed by atoms with E-state index in [1.54, 1.807) is 6.07 Å². The van der Waals surface area contributed by atoms with Crippen molar-refractivity contribution in [2.45, 2.75) is 0 Å². The molecular formula is C9H5BrFNO. The van der Waals surface area contributed by atoms with Crippen LogP contribution in [0.5, 0.6) is 0 Å². The Morgan fingerprint density at radius 3 is 2.85 bits per heavy atom. The second kappa shape index (κ2) is 4.15. The topological polar surface area (TPSA) is 21.4 Å². The molecule has 1 aromatic carbocycles. The molecule has 1 rings (SSSR count). The Morgan fingerprint density at radius 2 is 2.31 bits per heavy atom. The Kier molecular flexibility index (Phi) is 3.15. The number of ketones is 1. The molecule has 66 valence electrons. The van der Waals surface area contributed by atoms with Gasteiger partial charge >= 0.3 is 0 Å². The highest BCUT2D eigenvalue weighted by molar-refractivity contribution is 9.10. The van der Waals surface area contributed by atoms with Crippen LogP contribution in [0.4, 0.5) is 4.39 Å². The lowest BCUT2D eigenvalue weighted by molar-refractivity contribution is 0.101. The molecule has 0 radical (unpaired) electrons. The van der Waals surface area contributed by atoms with Gasteiger partial charge in [-0.3, -0.25) is 4.79 Å². The average molecular weight is 242 g/mol. The maximum Gasteiger partial charge on any atom is 0.276 e. The third-order valence-corrected chi connectivity index (χ3v) is 1.95. The Balaban J connectivity index is 3.03. The predicted octanol–water partition coefficient (Wildman–Crippen LogP) is 2.69. The van der Waals surface area contributed by atoms with Gasteiger partial charge in [0.15, 0.2) is 0 Å². The van der Waals surface area contributed by atoms with E-state index in [0.717, 1.165) is 0 Å². The highest BCUT2D eigenvalue weighted by atomic mass is 79.9. The zero-order chi connectivity index (χ0) is 9.84. The summed E-state index contributed by atoms with van der Waals surface area (Å²) in [6, 6.07) is 4.14. The van der Waals surface area contributed by atoms with Gasteiger partial charge in [-0.15, -0.1) is 0 Å². The second-order valence-electron chi connectivity index (χ2n) is 2.36. The van der Waals surface area contributed by atoms with Crippen molar-refractivity contribution < 1.29 is 9.18 Å². The number of Topliss-reactive ketones (excluding diaryl/α,β-unsaturated/α-hetero) is 1. The van der Waals surface area contributed by atoms with E-state index < -0.39 is 11.6 Å². The minimum absolute atomic E-state index is 0.0285. The molecule has 0 N–H and O–H groups in total. The molecule has 0 bridgehead atoms. The standard InChI is InChI=1S/C9H5BrFNO/c1-12-5-9(13)7-3-2-6(10)4-8(7)11/h2-4H,5H2. The van der Waals surface area contributed by atoms with E-state index in [1.165, 1.54) is 12.1 Å². The van der Waals surface area contributed by atoms with Crippen LogP contribution in [0.3, 0.4) is 0 Å². The van der Waals surface area contributed by atoms with Crippen LogP contribution in [0.1, 0.15) is 10.4 Å². The molecule has 0 fully saturated rings. The molecule has 0 amide bonds. The van der Waals surface area contributed by atoms with Crippen LogP contribution < -0.4 is 0 Å². The van der Waals surface area contributed by atoms with Crippen LogP contribution in [0.25, 0.3) is 4.85 Å². The van der Waals surface area contributed by atoms with Crippen LogP contribution >= 0.6 is 15.9 Å². The van der Waals surface area contributed by atoms with Gasteiger partial charge in [0.25, 0.3) is 6.54 Å². The van der Waals surface area contributed by atoms with Gasteiger partial charge in [-0.2, -0.15) is 0 Å². The van der Waals surface area contributed by atoms with E-state index in [0.29, 0.717) is 4.47 Å². The number of nitrogens with zero attached hydrogens (tertiary/aromatic N) is 1. The summed E-state index contributed by atoms with van der Waals surface area (Å²) in [5.74, 6) is -1.08. The predicted molar refractivity (Wildman–Crippen MR) is 49.9 cm³/mol. The number of hydrogen-bond donors (Lipinski definition) is 0. The number of halogens is 2. The van der Waals surface area contributed by atoms with Gasteiger partial charge in [-0.1, -0.05) is 15.9 Å². The first kappa shape index (κ1) is 9.87. The largest absolute Gasteiger partial charge is 0.308 e.